The molecule has 86 valence electrons. The lowest BCUT2D eigenvalue weighted by molar-refractivity contribution is -0.325. The number of hydrogen-bond donors (Lipinski definition) is 3. The van der Waals surface area contributed by atoms with Gasteiger partial charge in [0.2, 0.25) is 0 Å². The molecule has 15 heavy (non-hydrogen) atoms. The van der Waals surface area contributed by atoms with Crippen molar-refractivity contribution in [3.8, 4) is 5.75 Å². The van der Waals surface area contributed by atoms with E-state index in [0.29, 0.717) is 0 Å². The summed E-state index contributed by atoms with van der Waals surface area (Å²) in [4.78, 5) is 10.2. The molecule has 0 saturated heterocycles. The maximum atomic E-state index is 10.2. The fraction of sp³-hybridized carbons (Fsp3) is 0.222. The molecule has 7 N–H and O–H groups in total. The summed E-state index contributed by atoms with van der Waals surface area (Å²) in [5.41, 5.74) is 3.19. The number of quaternary nitrogens is 1. The molecule has 0 aliphatic heterocycles. The van der Waals surface area contributed by atoms with Gasteiger partial charge in [-0.1, -0.05) is 18.2 Å². The van der Waals surface area contributed by atoms with Crippen LogP contribution >= 0.6 is 0 Å². The smallest absolute Gasteiger partial charge is 0.122 e. The highest BCUT2D eigenvalue weighted by Crippen LogP contribution is 2.22. The summed E-state index contributed by atoms with van der Waals surface area (Å²) >= 11 is 0. The van der Waals surface area contributed by atoms with Crippen molar-refractivity contribution in [1.29, 1.82) is 0 Å². The molecule has 0 fully saturated rings. The molecule has 0 aliphatic carbocycles. The number of para-hydroxylation sites is 1. The Bertz CT molecular complexity index is 302. The molecule has 0 spiro atoms. The second kappa shape index (κ2) is 7.74. The molecule has 0 bridgehead atoms. The monoisotopic (exact) mass is 217 g/mol. The number of aliphatic carboxylic acids is 1. The summed E-state index contributed by atoms with van der Waals surface area (Å²) in [5.74, 6) is -1.88. The molecule has 0 saturated carbocycles. The third kappa shape index (κ3) is 4.41. The van der Waals surface area contributed by atoms with Crippen molar-refractivity contribution in [3.05, 3.63) is 29.8 Å². The van der Waals surface area contributed by atoms with Crippen LogP contribution in [0.15, 0.2) is 24.3 Å². The molecule has 0 amide bonds. The summed E-state index contributed by atoms with van der Waals surface area (Å²) < 4.78 is 0. The maximum Gasteiger partial charge on any atom is 0.122 e. The van der Waals surface area contributed by atoms with E-state index in [-0.39, 0.29) is 16.8 Å². The van der Waals surface area contributed by atoms with Gasteiger partial charge in [-0.2, -0.15) is 0 Å². The molecular weight excluding hydrogens is 202 g/mol. The zero-order valence-electron chi connectivity index (χ0n) is 8.30. The number of aliphatic hydroxyl groups excluding tert-OH is 1. The minimum Gasteiger partial charge on any atom is -0.547 e. The van der Waals surface area contributed by atoms with Gasteiger partial charge in [0.1, 0.15) is 11.9 Å². The highest BCUT2D eigenvalue weighted by molar-refractivity contribution is 5.73. The number of benzene rings is 1. The van der Waals surface area contributed by atoms with E-state index in [1.165, 1.54) is 24.3 Å². The second-order valence-electron chi connectivity index (χ2n) is 2.28. The number of carbonyl (C=O) groups excluding carboxylic acids is 1. The highest BCUT2D eigenvalue weighted by Gasteiger charge is 2.11. The molecule has 0 aliphatic rings. The average molecular weight is 217 g/mol. The van der Waals surface area contributed by atoms with Crippen molar-refractivity contribution in [3.63, 3.8) is 0 Å². The lowest BCUT2D eigenvalue weighted by Crippen LogP contribution is -2.40. The van der Waals surface area contributed by atoms with Gasteiger partial charge >= 0.3 is 0 Å². The molecule has 0 radical (unpaired) electrons. The Kier molecular flexibility index (Phi) is 8.17. The van der Waals surface area contributed by atoms with Crippen LogP contribution in [0.5, 0.6) is 5.75 Å². The summed E-state index contributed by atoms with van der Waals surface area (Å²) in [6, 6.07) is 5.65. The molecular formula is C9H15NO5. The molecule has 0 aromatic heterocycles. The predicted octanol–water partition coefficient (Wildman–Crippen LogP) is -2.79. The lowest BCUT2D eigenvalue weighted by atomic mass is 10.1. The Morgan fingerprint density at radius 3 is 2.27 bits per heavy atom. The van der Waals surface area contributed by atoms with E-state index >= 15 is 0 Å². The van der Waals surface area contributed by atoms with Crippen LogP contribution in [0.1, 0.15) is 11.7 Å². The van der Waals surface area contributed by atoms with E-state index in [1.807, 2.05) is 0 Å². The van der Waals surface area contributed by atoms with Crippen molar-refractivity contribution in [1.82, 2.24) is 0 Å². The number of carboxylic acids is 1. The minimum absolute atomic E-state index is 0. The fourth-order valence-corrected chi connectivity index (χ4v) is 0.846. The third-order valence-corrected chi connectivity index (χ3v) is 1.45. The van der Waals surface area contributed by atoms with Crippen LogP contribution in [-0.2, 0) is 4.79 Å². The Balaban J connectivity index is 0. The van der Waals surface area contributed by atoms with Crippen LogP contribution in [-0.4, -0.2) is 28.7 Å². The van der Waals surface area contributed by atoms with Crippen molar-refractivity contribution in [2.45, 2.75) is 6.10 Å². The van der Waals surface area contributed by atoms with Crippen LogP contribution in [0.2, 0.25) is 0 Å². The SMILES string of the molecule is C[NH3+].O.O=C([O-])C(O)c1ccccc1O. The topological polar surface area (TPSA) is 140 Å². The van der Waals surface area contributed by atoms with Gasteiger partial charge in [-0.3, -0.25) is 0 Å². The Labute approximate surface area is 86.9 Å². The average Bonchev–Trinajstić information content (AvgIpc) is 2.20. The molecule has 0 heterocycles. The van der Waals surface area contributed by atoms with E-state index < -0.39 is 12.1 Å². The molecule has 6 nitrogen and oxygen atoms in total. The highest BCUT2D eigenvalue weighted by atomic mass is 16.4. The van der Waals surface area contributed by atoms with Crippen molar-refractivity contribution in [2.24, 2.45) is 0 Å². The molecule has 1 rings (SSSR count). The summed E-state index contributed by atoms with van der Waals surface area (Å²) in [6.45, 7) is 0. The summed E-state index contributed by atoms with van der Waals surface area (Å²) in [6.07, 6.45) is -1.77. The van der Waals surface area contributed by atoms with Gasteiger partial charge in [0.25, 0.3) is 0 Å². The van der Waals surface area contributed by atoms with Gasteiger partial charge in [-0.05, 0) is 6.07 Å². The first-order valence-corrected chi connectivity index (χ1v) is 4.00. The second-order valence-corrected chi connectivity index (χ2v) is 2.28. The third-order valence-electron chi connectivity index (χ3n) is 1.45. The minimum atomic E-state index is -1.77. The summed E-state index contributed by atoms with van der Waals surface area (Å²) in [7, 11) is 1.75. The molecule has 1 aromatic carbocycles. The zero-order chi connectivity index (χ0) is 11.1. The van der Waals surface area contributed by atoms with E-state index in [2.05, 4.69) is 5.73 Å². The van der Waals surface area contributed by atoms with Crippen LogP contribution in [0.25, 0.3) is 0 Å². The molecule has 1 aromatic rings. The number of hydrogen-bond acceptors (Lipinski definition) is 4. The number of aromatic hydroxyl groups is 1. The Hall–Kier alpha value is -1.63. The number of carbonyl (C=O) groups is 1. The Morgan fingerprint density at radius 2 is 1.87 bits per heavy atom. The quantitative estimate of drug-likeness (QED) is 0.492. The van der Waals surface area contributed by atoms with Crippen LogP contribution in [0.3, 0.4) is 0 Å². The number of phenols is 1. The number of aliphatic hydroxyl groups is 1. The van der Waals surface area contributed by atoms with E-state index in [0.717, 1.165) is 0 Å². The maximum absolute atomic E-state index is 10.2. The first kappa shape index (κ1) is 15.8. The van der Waals surface area contributed by atoms with Gasteiger partial charge in [0.05, 0.1) is 13.0 Å². The van der Waals surface area contributed by atoms with Gasteiger partial charge in [0.15, 0.2) is 0 Å². The van der Waals surface area contributed by atoms with Crippen LogP contribution in [0, 0.1) is 0 Å². The van der Waals surface area contributed by atoms with Crippen LogP contribution < -0.4 is 10.8 Å². The van der Waals surface area contributed by atoms with Crippen molar-refractivity contribution >= 4 is 5.97 Å². The normalized spacial score (nSPS) is 10.3. The largest absolute Gasteiger partial charge is 0.547 e. The van der Waals surface area contributed by atoms with E-state index in [9.17, 15) is 9.90 Å². The van der Waals surface area contributed by atoms with E-state index in [1.54, 1.807) is 7.05 Å². The molecule has 1 atom stereocenters. The number of carboxylic acid groups (broad SMARTS) is 1. The molecule has 1 unspecified atom stereocenters. The number of phenolic OH excluding ortho intramolecular Hbond substituents is 1. The van der Waals surface area contributed by atoms with Crippen LogP contribution in [0.4, 0.5) is 0 Å². The van der Waals surface area contributed by atoms with Crippen molar-refractivity contribution in [2.75, 3.05) is 7.05 Å². The first-order valence-electron chi connectivity index (χ1n) is 4.00. The summed E-state index contributed by atoms with van der Waals surface area (Å²) in [5, 5.41) is 28.2. The van der Waals surface area contributed by atoms with Crippen molar-refractivity contribution < 1.29 is 31.3 Å². The fourth-order valence-electron chi connectivity index (χ4n) is 0.846. The van der Waals surface area contributed by atoms with E-state index in [4.69, 9.17) is 10.2 Å². The Morgan fingerprint density at radius 1 is 1.40 bits per heavy atom. The number of rotatable bonds is 2. The zero-order valence-corrected chi connectivity index (χ0v) is 8.30. The van der Waals surface area contributed by atoms with Gasteiger partial charge in [-0.25, -0.2) is 0 Å². The first-order chi connectivity index (χ1) is 6.63. The standard InChI is InChI=1S/C8H8O4.CH5N.H2O/c9-6-4-2-1-3-5(6)7(10)8(11)12;1-2;/h1-4,7,9-10H,(H,11,12);2H2,1H3;1H2. The molecule has 6 heteroatoms. The lowest BCUT2D eigenvalue weighted by Gasteiger charge is -2.12. The van der Waals surface area contributed by atoms with Gasteiger partial charge in [0, 0.05) is 5.56 Å². The van der Waals surface area contributed by atoms with Gasteiger partial charge < -0.3 is 31.3 Å². The predicted molar refractivity (Wildman–Crippen MR) is 50.5 cm³/mol. The van der Waals surface area contributed by atoms with Gasteiger partial charge in [-0.15, -0.1) is 0 Å².